The van der Waals surface area contributed by atoms with E-state index in [9.17, 15) is 0 Å². The lowest BCUT2D eigenvalue weighted by Crippen LogP contribution is -2.04. The van der Waals surface area contributed by atoms with Crippen LogP contribution in [0.5, 0.6) is 0 Å². The summed E-state index contributed by atoms with van der Waals surface area (Å²) in [6, 6.07) is 5.59. The van der Waals surface area contributed by atoms with Crippen molar-refractivity contribution in [3.8, 4) is 11.4 Å². The van der Waals surface area contributed by atoms with E-state index in [0.717, 1.165) is 25.7 Å². The lowest BCUT2D eigenvalue weighted by atomic mass is 10.2. The van der Waals surface area contributed by atoms with Crippen LogP contribution in [0.15, 0.2) is 22.7 Å². The van der Waals surface area contributed by atoms with Gasteiger partial charge in [0.05, 0.1) is 14.3 Å². The van der Waals surface area contributed by atoms with Crippen LogP contribution in [-0.2, 0) is 6.42 Å². The number of nitrogen functional groups attached to an aromatic ring is 1. The van der Waals surface area contributed by atoms with Crippen LogP contribution in [0.2, 0.25) is 5.02 Å². The van der Waals surface area contributed by atoms with Crippen LogP contribution < -0.4 is 5.73 Å². The van der Waals surface area contributed by atoms with Gasteiger partial charge in [-0.25, -0.2) is 9.97 Å². The molecule has 0 spiro atoms. The third kappa shape index (κ3) is 2.78. The molecule has 0 bridgehead atoms. The molecule has 0 amide bonds. The minimum Gasteiger partial charge on any atom is -0.383 e. The second-order valence-electron chi connectivity index (χ2n) is 3.68. The van der Waals surface area contributed by atoms with E-state index in [4.69, 9.17) is 17.3 Å². The summed E-state index contributed by atoms with van der Waals surface area (Å²) in [6.07, 6.45) is 0.826. The van der Waals surface area contributed by atoms with Gasteiger partial charge in [0.1, 0.15) is 5.82 Å². The van der Waals surface area contributed by atoms with Crippen LogP contribution in [0.4, 0.5) is 5.82 Å². The summed E-state index contributed by atoms with van der Waals surface area (Å²) < 4.78 is 1.74. The van der Waals surface area contributed by atoms with Gasteiger partial charge in [0, 0.05) is 10.0 Å². The molecule has 0 saturated heterocycles. The molecule has 94 valence electrons. The molecule has 1 heterocycles. The number of halogens is 3. The maximum Gasteiger partial charge on any atom is 0.161 e. The minimum absolute atomic E-state index is 0.517. The molecule has 1 aromatic carbocycles. The molecule has 3 nitrogen and oxygen atoms in total. The van der Waals surface area contributed by atoms with Gasteiger partial charge in [0.2, 0.25) is 0 Å². The van der Waals surface area contributed by atoms with Gasteiger partial charge in [-0.15, -0.1) is 0 Å². The van der Waals surface area contributed by atoms with Gasteiger partial charge < -0.3 is 5.73 Å². The molecule has 0 saturated carbocycles. The maximum atomic E-state index is 5.97. The van der Waals surface area contributed by atoms with Crippen molar-refractivity contribution in [2.24, 2.45) is 0 Å². The van der Waals surface area contributed by atoms with Gasteiger partial charge in [0.25, 0.3) is 0 Å². The molecule has 2 rings (SSSR count). The first-order chi connectivity index (χ1) is 8.52. The average Bonchev–Trinajstić information content (AvgIpc) is 2.36. The highest BCUT2D eigenvalue weighted by Gasteiger charge is 2.11. The lowest BCUT2D eigenvalue weighted by Gasteiger charge is -2.08. The Labute approximate surface area is 132 Å². The van der Waals surface area contributed by atoms with Gasteiger partial charge >= 0.3 is 0 Å². The topological polar surface area (TPSA) is 51.8 Å². The summed E-state index contributed by atoms with van der Waals surface area (Å²) >= 11 is 11.5. The van der Waals surface area contributed by atoms with E-state index in [-0.39, 0.29) is 0 Å². The predicted molar refractivity (Wildman–Crippen MR) is 86.7 cm³/mol. The second-order valence-corrected chi connectivity index (χ2v) is 6.02. The molecule has 2 N–H and O–H groups in total. The molecular weight excluding hydrogens is 428 g/mol. The van der Waals surface area contributed by atoms with Crippen LogP contribution in [0.25, 0.3) is 11.4 Å². The summed E-state index contributed by atoms with van der Waals surface area (Å²) in [5.74, 6) is 1.14. The van der Waals surface area contributed by atoms with Crippen LogP contribution in [-0.4, -0.2) is 9.97 Å². The third-order valence-electron chi connectivity index (χ3n) is 2.46. The van der Waals surface area contributed by atoms with Crippen molar-refractivity contribution in [2.45, 2.75) is 13.3 Å². The summed E-state index contributed by atoms with van der Waals surface area (Å²) in [6.45, 7) is 2.05. The Kier molecular flexibility index (Phi) is 4.45. The molecular formula is C12H10BrClIN3. The Hall–Kier alpha value is -0.400. The fraction of sp³-hybridized carbons (Fsp3) is 0.167. The van der Waals surface area contributed by atoms with Gasteiger partial charge in [-0.3, -0.25) is 0 Å². The molecule has 0 radical (unpaired) electrons. The fourth-order valence-electron chi connectivity index (χ4n) is 1.51. The number of benzene rings is 1. The molecule has 2 aromatic rings. The fourth-order valence-corrected chi connectivity index (χ4v) is 2.63. The van der Waals surface area contributed by atoms with E-state index in [2.05, 4.69) is 48.5 Å². The summed E-state index contributed by atoms with van der Waals surface area (Å²) in [5, 5.41) is 0.660. The second kappa shape index (κ2) is 5.71. The number of nitrogens with zero attached hydrogens (tertiary/aromatic N) is 2. The number of hydrogen-bond acceptors (Lipinski definition) is 3. The predicted octanol–water partition coefficient (Wildman–Crippen LogP) is 4.31. The van der Waals surface area contributed by atoms with Crippen molar-refractivity contribution in [1.29, 1.82) is 0 Å². The van der Waals surface area contributed by atoms with Crippen molar-refractivity contribution in [1.82, 2.24) is 9.97 Å². The monoisotopic (exact) mass is 437 g/mol. The first-order valence-electron chi connectivity index (χ1n) is 5.30. The average molecular weight is 438 g/mol. The van der Waals surface area contributed by atoms with Gasteiger partial charge in [-0.1, -0.05) is 18.5 Å². The Morgan fingerprint density at radius 1 is 1.39 bits per heavy atom. The third-order valence-corrected chi connectivity index (χ3v) is 4.85. The molecule has 0 fully saturated rings. The van der Waals surface area contributed by atoms with Crippen molar-refractivity contribution in [3.05, 3.63) is 37.0 Å². The number of aromatic nitrogens is 2. The maximum absolute atomic E-state index is 5.97. The van der Waals surface area contributed by atoms with Crippen molar-refractivity contribution in [3.63, 3.8) is 0 Å². The van der Waals surface area contributed by atoms with Gasteiger partial charge in [0.15, 0.2) is 5.82 Å². The van der Waals surface area contributed by atoms with E-state index < -0.39 is 0 Å². The van der Waals surface area contributed by atoms with E-state index in [1.165, 1.54) is 0 Å². The van der Waals surface area contributed by atoms with E-state index in [1.54, 1.807) is 0 Å². The van der Waals surface area contributed by atoms with Crippen LogP contribution in [0, 0.1) is 3.57 Å². The number of aryl methyl sites for hydroxylation is 1. The van der Waals surface area contributed by atoms with Crippen LogP contribution >= 0.6 is 50.1 Å². The standard InChI is InChI=1S/C12H10BrClIN3/c1-2-9-10(15)11(16)18-12(17-9)6-3-4-8(14)7(13)5-6/h3-5H,2H2,1H3,(H2,16,17,18). The van der Waals surface area contributed by atoms with Crippen molar-refractivity contribution in [2.75, 3.05) is 5.73 Å². The van der Waals surface area contributed by atoms with E-state index >= 15 is 0 Å². The highest BCUT2D eigenvalue weighted by Crippen LogP contribution is 2.28. The molecule has 1 aromatic heterocycles. The summed E-state index contributed by atoms with van der Waals surface area (Å²) in [7, 11) is 0. The molecule has 6 heteroatoms. The highest BCUT2D eigenvalue weighted by molar-refractivity contribution is 14.1. The normalized spacial score (nSPS) is 10.7. The lowest BCUT2D eigenvalue weighted by molar-refractivity contribution is 0.994. The molecule has 0 aliphatic carbocycles. The molecule has 18 heavy (non-hydrogen) atoms. The zero-order chi connectivity index (χ0) is 13.3. The SMILES string of the molecule is CCc1nc(-c2ccc(Cl)c(Br)c2)nc(N)c1I. The minimum atomic E-state index is 0.517. The molecule has 0 atom stereocenters. The van der Waals surface area contributed by atoms with Crippen molar-refractivity contribution >= 4 is 55.9 Å². The molecule has 0 unspecified atom stereocenters. The van der Waals surface area contributed by atoms with E-state index in [1.807, 2.05) is 25.1 Å². The van der Waals surface area contributed by atoms with Crippen LogP contribution in [0.1, 0.15) is 12.6 Å². The number of nitrogens with two attached hydrogens (primary N) is 1. The Morgan fingerprint density at radius 2 is 2.11 bits per heavy atom. The van der Waals surface area contributed by atoms with E-state index in [0.29, 0.717) is 16.7 Å². The number of rotatable bonds is 2. The molecule has 0 aliphatic rings. The first kappa shape index (κ1) is 14.0. The van der Waals surface area contributed by atoms with Crippen LogP contribution in [0.3, 0.4) is 0 Å². The highest BCUT2D eigenvalue weighted by atomic mass is 127. The quantitative estimate of drug-likeness (QED) is 0.711. The summed E-state index contributed by atoms with van der Waals surface area (Å²) in [5.41, 5.74) is 7.76. The Morgan fingerprint density at radius 3 is 2.72 bits per heavy atom. The number of hydrogen-bond donors (Lipinski definition) is 1. The number of anilines is 1. The largest absolute Gasteiger partial charge is 0.383 e. The van der Waals surface area contributed by atoms with Crippen molar-refractivity contribution < 1.29 is 0 Å². The zero-order valence-electron chi connectivity index (χ0n) is 9.54. The van der Waals surface area contributed by atoms with Gasteiger partial charge in [-0.05, 0) is 63.1 Å². The molecule has 0 aliphatic heterocycles. The Bertz CT molecular complexity index is 604. The first-order valence-corrected chi connectivity index (χ1v) is 7.55. The zero-order valence-corrected chi connectivity index (χ0v) is 14.0. The Balaban J connectivity index is 2.57. The summed E-state index contributed by atoms with van der Waals surface area (Å²) in [4.78, 5) is 8.85. The van der Waals surface area contributed by atoms with Gasteiger partial charge in [-0.2, -0.15) is 0 Å². The smallest absolute Gasteiger partial charge is 0.161 e.